The Morgan fingerprint density at radius 1 is 1.20 bits per heavy atom. The van der Waals surface area contributed by atoms with E-state index in [0.717, 1.165) is 63.6 Å². The predicted octanol–water partition coefficient (Wildman–Crippen LogP) is 1.64. The molecule has 2 atom stereocenters. The summed E-state index contributed by atoms with van der Waals surface area (Å²) in [5, 5.41) is 23.4. The smallest absolute Gasteiger partial charge is 0.194 e. The van der Waals surface area contributed by atoms with Gasteiger partial charge in [-0.15, -0.1) is 0 Å². The molecule has 1 aliphatic carbocycles. The van der Waals surface area contributed by atoms with Gasteiger partial charge in [-0.3, -0.25) is 4.99 Å². The zero-order valence-electron chi connectivity index (χ0n) is 15.1. The fourth-order valence-electron chi connectivity index (χ4n) is 3.75. The van der Waals surface area contributed by atoms with E-state index in [1.54, 1.807) is 6.07 Å². The van der Waals surface area contributed by atoms with E-state index in [-0.39, 0.29) is 6.10 Å². The van der Waals surface area contributed by atoms with E-state index in [1.165, 1.54) is 0 Å². The summed E-state index contributed by atoms with van der Waals surface area (Å²) in [5.41, 5.74) is 0.901. The molecule has 2 fully saturated rings. The molecule has 0 spiro atoms. The fourth-order valence-corrected chi connectivity index (χ4v) is 3.75. The summed E-state index contributed by atoms with van der Waals surface area (Å²) in [6.07, 6.45) is 2.91. The van der Waals surface area contributed by atoms with Crippen molar-refractivity contribution in [2.24, 2.45) is 10.9 Å². The van der Waals surface area contributed by atoms with Gasteiger partial charge in [0.15, 0.2) is 5.96 Å². The maximum Gasteiger partial charge on any atom is 0.194 e. The van der Waals surface area contributed by atoms with Gasteiger partial charge in [0.1, 0.15) is 5.75 Å². The summed E-state index contributed by atoms with van der Waals surface area (Å²) in [6.45, 7) is 7.07. The van der Waals surface area contributed by atoms with E-state index in [0.29, 0.717) is 18.2 Å². The minimum Gasteiger partial charge on any atom is -0.506 e. The molecule has 2 unspecified atom stereocenters. The quantitative estimate of drug-likeness (QED) is 0.571. The third kappa shape index (κ3) is 4.37. The minimum atomic E-state index is -0.190. The van der Waals surface area contributed by atoms with Crippen LogP contribution < -0.4 is 10.2 Å². The fraction of sp³-hybridized carbons (Fsp3) is 0.632. The van der Waals surface area contributed by atoms with Crippen LogP contribution in [-0.4, -0.2) is 66.4 Å². The standard InChI is InChI=1S/C19H30N4O2/c1-2-20-19(21-14-15-6-5-9-17(15)24)23-12-10-22(11-13-23)16-7-3-4-8-18(16)25/h3-4,7-8,15,17,24-25H,2,5-6,9-14H2,1H3,(H,20,21). The summed E-state index contributed by atoms with van der Waals surface area (Å²) in [7, 11) is 0. The van der Waals surface area contributed by atoms with Crippen molar-refractivity contribution in [1.82, 2.24) is 10.2 Å². The Kier molecular flexibility index (Phi) is 6.02. The number of benzene rings is 1. The van der Waals surface area contributed by atoms with Crippen molar-refractivity contribution in [3.63, 3.8) is 0 Å². The van der Waals surface area contributed by atoms with E-state index in [9.17, 15) is 10.2 Å². The van der Waals surface area contributed by atoms with Gasteiger partial charge < -0.3 is 25.3 Å². The van der Waals surface area contributed by atoms with Gasteiger partial charge in [-0.2, -0.15) is 0 Å². The first-order valence-electron chi connectivity index (χ1n) is 9.43. The van der Waals surface area contributed by atoms with Crippen molar-refractivity contribution in [2.45, 2.75) is 32.3 Å². The number of hydrogen-bond acceptors (Lipinski definition) is 4. The monoisotopic (exact) mass is 346 g/mol. The van der Waals surface area contributed by atoms with Gasteiger partial charge in [-0.05, 0) is 31.9 Å². The molecule has 1 aromatic rings. The van der Waals surface area contributed by atoms with Gasteiger partial charge in [0.05, 0.1) is 11.8 Å². The topological polar surface area (TPSA) is 71.3 Å². The molecule has 6 nitrogen and oxygen atoms in total. The predicted molar refractivity (Wildman–Crippen MR) is 101 cm³/mol. The van der Waals surface area contributed by atoms with Crippen LogP contribution in [0.5, 0.6) is 5.75 Å². The number of anilines is 1. The highest BCUT2D eigenvalue weighted by Gasteiger charge is 2.26. The number of aliphatic imine (C=N–C) groups is 1. The van der Waals surface area contributed by atoms with Crippen LogP contribution in [0.2, 0.25) is 0 Å². The molecular weight excluding hydrogens is 316 g/mol. The molecule has 0 bridgehead atoms. The highest BCUT2D eigenvalue weighted by Crippen LogP contribution is 2.27. The van der Waals surface area contributed by atoms with Crippen LogP contribution in [0.25, 0.3) is 0 Å². The first-order valence-corrected chi connectivity index (χ1v) is 9.43. The van der Waals surface area contributed by atoms with Gasteiger partial charge in [0, 0.05) is 45.2 Å². The maximum atomic E-state index is 10.0. The number of hydrogen-bond donors (Lipinski definition) is 3. The van der Waals surface area contributed by atoms with Crippen LogP contribution >= 0.6 is 0 Å². The molecule has 0 aromatic heterocycles. The number of para-hydroxylation sites is 2. The largest absolute Gasteiger partial charge is 0.506 e. The van der Waals surface area contributed by atoms with Crippen molar-refractivity contribution in [1.29, 1.82) is 0 Å². The van der Waals surface area contributed by atoms with Gasteiger partial charge >= 0.3 is 0 Å². The second kappa shape index (κ2) is 8.43. The lowest BCUT2D eigenvalue weighted by Gasteiger charge is -2.38. The Balaban J connectivity index is 1.59. The Morgan fingerprint density at radius 3 is 2.60 bits per heavy atom. The molecule has 0 radical (unpaired) electrons. The third-order valence-electron chi connectivity index (χ3n) is 5.23. The lowest BCUT2D eigenvalue weighted by Crippen LogP contribution is -2.52. The zero-order valence-corrected chi connectivity index (χ0v) is 15.1. The number of piperazine rings is 1. The minimum absolute atomic E-state index is 0.190. The van der Waals surface area contributed by atoms with E-state index in [4.69, 9.17) is 4.99 Å². The normalized spacial score (nSPS) is 24.6. The lowest BCUT2D eigenvalue weighted by molar-refractivity contribution is 0.136. The molecular formula is C19H30N4O2. The molecule has 1 saturated heterocycles. The summed E-state index contributed by atoms with van der Waals surface area (Å²) in [6, 6.07) is 7.51. The summed E-state index contributed by atoms with van der Waals surface area (Å²) < 4.78 is 0. The Hall–Kier alpha value is -1.95. The van der Waals surface area contributed by atoms with E-state index in [2.05, 4.69) is 22.0 Å². The molecule has 2 aliphatic rings. The van der Waals surface area contributed by atoms with Crippen LogP contribution in [0, 0.1) is 5.92 Å². The first kappa shape index (κ1) is 17.9. The van der Waals surface area contributed by atoms with Crippen LogP contribution in [-0.2, 0) is 0 Å². The van der Waals surface area contributed by atoms with Crippen molar-refractivity contribution in [2.75, 3.05) is 44.2 Å². The second-order valence-corrected chi connectivity index (χ2v) is 6.92. The summed E-state index contributed by atoms with van der Waals surface area (Å²) in [4.78, 5) is 9.29. The van der Waals surface area contributed by atoms with Crippen LogP contribution in [0.3, 0.4) is 0 Å². The molecule has 3 rings (SSSR count). The molecule has 6 heteroatoms. The Morgan fingerprint density at radius 2 is 1.96 bits per heavy atom. The zero-order chi connectivity index (χ0) is 17.6. The number of phenolic OH excluding ortho intramolecular Hbond substituents is 1. The van der Waals surface area contributed by atoms with Crippen molar-refractivity contribution >= 4 is 11.6 Å². The maximum absolute atomic E-state index is 10.0. The second-order valence-electron chi connectivity index (χ2n) is 6.92. The Bertz CT molecular complexity index is 585. The van der Waals surface area contributed by atoms with E-state index in [1.807, 2.05) is 18.2 Å². The van der Waals surface area contributed by atoms with Crippen molar-refractivity contribution < 1.29 is 10.2 Å². The van der Waals surface area contributed by atoms with Crippen LogP contribution in [0.15, 0.2) is 29.3 Å². The van der Waals surface area contributed by atoms with Gasteiger partial charge in [-0.1, -0.05) is 18.6 Å². The number of rotatable bonds is 4. The van der Waals surface area contributed by atoms with Crippen molar-refractivity contribution in [3.05, 3.63) is 24.3 Å². The van der Waals surface area contributed by atoms with Gasteiger partial charge in [0.2, 0.25) is 0 Å². The average Bonchev–Trinajstić information content (AvgIpc) is 3.04. The SMILES string of the molecule is CCNC(=NCC1CCCC1O)N1CCN(c2ccccc2O)CC1. The number of aromatic hydroxyl groups is 1. The first-order chi connectivity index (χ1) is 12.2. The van der Waals surface area contributed by atoms with Crippen LogP contribution in [0.4, 0.5) is 5.69 Å². The molecule has 1 heterocycles. The number of nitrogens with zero attached hydrogens (tertiary/aromatic N) is 3. The van der Waals surface area contributed by atoms with Gasteiger partial charge in [0.25, 0.3) is 0 Å². The van der Waals surface area contributed by atoms with E-state index < -0.39 is 0 Å². The summed E-state index contributed by atoms with van der Waals surface area (Å²) in [5.74, 6) is 1.58. The molecule has 1 saturated carbocycles. The van der Waals surface area contributed by atoms with Crippen molar-refractivity contribution in [3.8, 4) is 5.75 Å². The lowest BCUT2D eigenvalue weighted by atomic mass is 10.1. The number of aliphatic hydroxyl groups is 1. The average molecular weight is 346 g/mol. The highest BCUT2D eigenvalue weighted by atomic mass is 16.3. The molecule has 25 heavy (non-hydrogen) atoms. The van der Waals surface area contributed by atoms with Gasteiger partial charge in [-0.25, -0.2) is 0 Å². The summed E-state index contributed by atoms with van der Waals surface area (Å²) >= 11 is 0. The third-order valence-corrected chi connectivity index (χ3v) is 5.23. The molecule has 1 aromatic carbocycles. The number of aliphatic hydroxyl groups excluding tert-OH is 1. The Labute approximate surface area is 150 Å². The number of nitrogens with one attached hydrogen (secondary N) is 1. The van der Waals surface area contributed by atoms with Crippen LogP contribution in [0.1, 0.15) is 26.2 Å². The highest BCUT2D eigenvalue weighted by molar-refractivity contribution is 5.80. The number of guanidine groups is 1. The number of phenols is 1. The molecule has 1 aliphatic heterocycles. The van der Waals surface area contributed by atoms with E-state index >= 15 is 0 Å². The molecule has 3 N–H and O–H groups in total. The molecule has 0 amide bonds. The molecule has 138 valence electrons.